The van der Waals surface area contributed by atoms with Gasteiger partial charge in [-0.15, -0.1) is 0 Å². The number of piperazine rings is 1. The fourth-order valence-electron chi connectivity index (χ4n) is 2.62. The summed E-state index contributed by atoms with van der Waals surface area (Å²) in [6, 6.07) is 8.79. The third-order valence-corrected chi connectivity index (χ3v) is 3.85. The third kappa shape index (κ3) is 5.38. The molecule has 0 saturated carbocycles. The van der Waals surface area contributed by atoms with Crippen molar-refractivity contribution in [2.24, 2.45) is 0 Å². The van der Waals surface area contributed by atoms with E-state index in [1.807, 2.05) is 25.1 Å². The van der Waals surface area contributed by atoms with Gasteiger partial charge >= 0.3 is 6.09 Å². The summed E-state index contributed by atoms with van der Waals surface area (Å²) in [6.07, 6.45) is -0.471. The number of ether oxygens (including phenoxy) is 2. The highest BCUT2D eigenvalue weighted by Crippen LogP contribution is 2.16. The van der Waals surface area contributed by atoms with E-state index < -0.39 is 17.7 Å². The molecule has 140 valence electrons. The van der Waals surface area contributed by atoms with Crippen LogP contribution in [0.5, 0.6) is 5.75 Å². The zero-order valence-electron chi connectivity index (χ0n) is 15.7. The lowest BCUT2D eigenvalue weighted by molar-refractivity contribution is -0.136. The van der Waals surface area contributed by atoms with Crippen LogP contribution >= 0.6 is 0 Å². The molecule has 1 aromatic carbocycles. The molecule has 0 aromatic heterocycles. The minimum atomic E-state index is -0.718. The van der Waals surface area contributed by atoms with Crippen molar-refractivity contribution in [1.82, 2.24) is 9.80 Å². The molecule has 1 atom stereocenters. The number of amides is 2. The van der Waals surface area contributed by atoms with Crippen molar-refractivity contribution in [1.29, 1.82) is 5.26 Å². The quantitative estimate of drug-likeness (QED) is 0.827. The van der Waals surface area contributed by atoms with E-state index in [-0.39, 0.29) is 25.6 Å². The minimum Gasteiger partial charge on any atom is -0.484 e. The maximum absolute atomic E-state index is 12.4. The molecule has 0 aliphatic carbocycles. The van der Waals surface area contributed by atoms with E-state index in [1.54, 1.807) is 26.8 Å². The van der Waals surface area contributed by atoms with Gasteiger partial charge in [-0.3, -0.25) is 4.79 Å². The molecule has 0 radical (unpaired) electrons. The summed E-state index contributed by atoms with van der Waals surface area (Å²) in [5, 5.41) is 9.40. The monoisotopic (exact) mass is 359 g/mol. The lowest BCUT2D eigenvalue weighted by Crippen LogP contribution is -2.57. The molecule has 2 rings (SSSR count). The van der Waals surface area contributed by atoms with Crippen LogP contribution in [0, 0.1) is 18.3 Å². The average Bonchev–Trinajstić information content (AvgIpc) is 2.57. The van der Waals surface area contributed by atoms with Gasteiger partial charge in [0.05, 0.1) is 12.6 Å². The van der Waals surface area contributed by atoms with Gasteiger partial charge in [-0.25, -0.2) is 4.79 Å². The van der Waals surface area contributed by atoms with E-state index in [4.69, 9.17) is 9.47 Å². The highest BCUT2D eigenvalue weighted by molar-refractivity contribution is 5.79. The Bertz CT molecular complexity index is 705. The Morgan fingerprint density at radius 1 is 1.31 bits per heavy atom. The van der Waals surface area contributed by atoms with Gasteiger partial charge in [-0.1, -0.05) is 12.1 Å². The summed E-state index contributed by atoms with van der Waals surface area (Å²) in [6.45, 7) is 7.88. The molecule has 7 nitrogen and oxygen atoms in total. The maximum atomic E-state index is 12.4. The van der Waals surface area contributed by atoms with Crippen LogP contribution in [0.25, 0.3) is 0 Å². The third-order valence-electron chi connectivity index (χ3n) is 3.85. The van der Waals surface area contributed by atoms with Crippen LogP contribution in [-0.4, -0.2) is 59.7 Å². The smallest absolute Gasteiger partial charge is 0.410 e. The Kier molecular flexibility index (Phi) is 6.09. The van der Waals surface area contributed by atoms with Crippen LogP contribution < -0.4 is 4.74 Å². The Hall–Kier alpha value is -2.75. The van der Waals surface area contributed by atoms with Crippen LogP contribution in [-0.2, 0) is 9.53 Å². The molecule has 1 saturated heterocycles. The number of hydrogen-bond donors (Lipinski definition) is 0. The summed E-state index contributed by atoms with van der Waals surface area (Å²) in [7, 11) is 0. The molecule has 0 bridgehead atoms. The van der Waals surface area contributed by atoms with Crippen molar-refractivity contribution in [2.75, 3.05) is 26.2 Å². The van der Waals surface area contributed by atoms with E-state index in [1.165, 1.54) is 9.80 Å². The molecule has 1 heterocycles. The van der Waals surface area contributed by atoms with Crippen molar-refractivity contribution in [2.45, 2.75) is 39.3 Å². The number of benzene rings is 1. The van der Waals surface area contributed by atoms with Crippen LogP contribution in [0.1, 0.15) is 26.3 Å². The number of hydrogen-bond acceptors (Lipinski definition) is 5. The molecule has 1 aliphatic heterocycles. The van der Waals surface area contributed by atoms with Crippen LogP contribution in [0.4, 0.5) is 4.79 Å². The molecule has 2 amide bonds. The first-order chi connectivity index (χ1) is 12.2. The van der Waals surface area contributed by atoms with Crippen LogP contribution in [0.2, 0.25) is 0 Å². The van der Waals surface area contributed by atoms with Gasteiger partial charge in [0.25, 0.3) is 5.91 Å². The van der Waals surface area contributed by atoms with Gasteiger partial charge < -0.3 is 19.3 Å². The van der Waals surface area contributed by atoms with Crippen molar-refractivity contribution in [3.63, 3.8) is 0 Å². The van der Waals surface area contributed by atoms with Crippen LogP contribution in [0.15, 0.2) is 24.3 Å². The molecule has 0 spiro atoms. The molecular formula is C19H25N3O4. The number of nitriles is 1. The fourth-order valence-corrected chi connectivity index (χ4v) is 2.62. The first-order valence-electron chi connectivity index (χ1n) is 8.56. The van der Waals surface area contributed by atoms with Gasteiger partial charge in [-0.05, 0) is 45.4 Å². The van der Waals surface area contributed by atoms with Crippen LogP contribution in [0.3, 0.4) is 0 Å². The summed E-state index contributed by atoms with van der Waals surface area (Å²) < 4.78 is 10.9. The van der Waals surface area contributed by atoms with Gasteiger partial charge in [0.2, 0.25) is 0 Å². The van der Waals surface area contributed by atoms with Crippen molar-refractivity contribution >= 4 is 12.0 Å². The zero-order chi connectivity index (χ0) is 19.3. The van der Waals surface area contributed by atoms with E-state index >= 15 is 0 Å². The Morgan fingerprint density at radius 3 is 2.65 bits per heavy atom. The first-order valence-corrected chi connectivity index (χ1v) is 8.56. The molecular weight excluding hydrogens is 334 g/mol. The highest BCUT2D eigenvalue weighted by Gasteiger charge is 2.34. The van der Waals surface area contributed by atoms with Gasteiger partial charge in [0.15, 0.2) is 6.61 Å². The average molecular weight is 359 g/mol. The van der Waals surface area contributed by atoms with Crippen molar-refractivity contribution in [3.8, 4) is 11.8 Å². The van der Waals surface area contributed by atoms with Crippen molar-refractivity contribution < 1.29 is 19.1 Å². The summed E-state index contributed by atoms with van der Waals surface area (Å²) in [5.74, 6) is 0.334. The molecule has 0 unspecified atom stereocenters. The Labute approximate surface area is 154 Å². The molecule has 26 heavy (non-hydrogen) atoms. The summed E-state index contributed by atoms with van der Waals surface area (Å²) in [5.41, 5.74) is 0.434. The maximum Gasteiger partial charge on any atom is 0.410 e. The fraction of sp³-hybridized carbons (Fsp3) is 0.526. The molecule has 0 N–H and O–H groups in total. The summed E-state index contributed by atoms with van der Waals surface area (Å²) >= 11 is 0. The lowest BCUT2D eigenvalue weighted by atomic mass is 10.2. The number of nitrogens with zero attached hydrogens (tertiary/aromatic N) is 3. The number of carbonyl (C=O) groups excluding carboxylic acids is 2. The normalized spacial score (nSPS) is 17.4. The van der Waals surface area contributed by atoms with Gasteiger partial charge in [0, 0.05) is 13.1 Å². The minimum absolute atomic E-state index is 0.127. The molecule has 7 heteroatoms. The van der Waals surface area contributed by atoms with E-state index in [9.17, 15) is 14.9 Å². The number of rotatable bonds is 3. The second-order valence-electron chi connectivity index (χ2n) is 7.26. The van der Waals surface area contributed by atoms with E-state index in [0.29, 0.717) is 12.3 Å². The van der Waals surface area contributed by atoms with Gasteiger partial charge in [-0.2, -0.15) is 5.26 Å². The second kappa shape index (κ2) is 8.09. The highest BCUT2D eigenvalue weighted by atomic mass is 16.6. The van der Waals surface area contributed by atoms with E-state index in [0.717, 1.165) is 5.56 Å². The standard InChI is InChI=1S/C19H25N3O4/c1-14-6-5-7-16(10-14)25-13-17(23)22-9-8-21(12-15(22)11-20)18(24)26-19(2,3)4/h5-7,10,15H,8-9,12-13H2,1-4H3/t15-/m0/s1. The first kappa shape index (κ1) is 19.6. The van der Waals surface area contributed by atoms with Gasteiger partial charge in [0.1, 0.15) is 17.4 Å². The number of aryl methyl sites for hydroxylation is 1. The lowest BCUT2D eigenvalue weighted by Gasteiger charge is -2.38. The molecule has 1 fully saturated rings. The van der Waals surface area contributed by atoms with E-state index in [2.05, 4.69) is 6.07 Å². The molecule has 1 aromatic rings. The molecule has 1 aliphatic rings. The predicted octanol–water partition coefficient (Wildman–Crippen LogP) is 2.35. The zero-order valence-corrected chi connectivity index (χ0v) is 15.7. The second-order valence-corrected chi connectivity index (χ2v) is 7.26. The Balaban J connectivity index is 1.93. The largest absolute Gasteiger partial charge is 0.484 e. The number of carbonyl (C=O) groups is 2. The Morgan fingerprint density at radius 2 is 2.04 bits per heavy atom. The SMILES string of the molecule is Cc1cccc(OCC(=O)N2CCN(C(=O)OC(C)(C)C)C[C@@H]2C#N)c1. The van der Waals surface area contributed by atoms with Crippen molar-refractivity contribution in [3.05, 3.63) is 29.8 Å². The summed E-state index contributed by atoms with van der Waals surface area (Å²) in [4.78, 5) is 27.5. The predicted molar refractivity (Wildman–Crippen MR) is 95.6 cm³/mol. The topological polar surface area (TPSA) is 82.9 Å².